The third-order valence-electron chi connectivity index (χ3n) is 2.64. The van der Waals surface area contributed by atoms with E-state index in [1.807, 2.05) is 19.3 Å². The van der Waals surface area contributed by atoms with Gasteiger partial charge in [0.1, 0.15) is 0 Å². The molecule has 0 bridgehead atoms. The highest BCUT2D eigenvalue weighted by Gasteiger charge is 2.02. The zero-order chi connectivity index (χ0) is 12.6. The Bertz CT molecular complexity index is 439. The fourth-order valence-corrected chi connectivity index (χ4v) is 2.38. The number of aryl methyl sites for hydroxylation is 1. The molecule has 0 aliphatic rings. The molecule has 0 saturated carbocycles. The number of rotatable bonds is 8. The fraction of sp³-hybridized carbons (Fsp3) is 0.462. The van der Waals surface area contributed by atoms with E-state index in [1.54, 1.807) is 11.3 Å². The maximum atomic E-state index is 5.34. The fourth-order valence-electron chi connectivity index (χ4n) is 1.71. The number of hydrogen-bond acceptors (Lipinski definition) is 4. The van der Waals surface area contributed by atoms with Gasteiger partial charge >= 0.3 is 0 Å². The van der Waals surface area contributed by atoms with Crippen molar-refractivity contribution in [1.82, 2.24) is 9.55 Å². The molecule has 0 aliphatic heterocycles. The largest absolute Gasteiger partial charge is 0.382 e. The Hall–Kier alpha value is -1.33. The van der Waals surface area contributed by atoms with Gasteiger partial charge in [-0.05, 0) is 35.7 Å². The Kier molecular flexibility index (Phi) is 5.23. The molecule has 0 saturated heterocycles. The normalized spacial score (nSPS) is 10.7. The van der Waals surface area contributed by atoms with E-state index in [4.69, 9.17) is 4.74 Å². The smallest absolute Gasteiger partial charge is 0.203 e. The predicted molar refractivity (Wildman–Crippen MR) is 75.0 cm³/mol. The summed E-state index contributed by atoms with van der Waals surface area (Å²) in [5, 5.41) is 7.59. The monoisotopic (exact) mass is 265 g/mol. The Morgan fingerprint density at radius 2 is 2.44 bits per heavy atom. The van der Waals surface area contributed by atoms with E-state index in [-0.39, 0.29) is 0 Å². The van der Waals surface area contributed by atoms with Gasteiger partial charge in [0.15, 0.2) is 0 Å². The molecule has 1 N–H and O–H groups in total. The summed E-state index contributed by atoms with van der Waals surface area (Å²) < 4.78 is 7.47. The summed E-state index contributed by atoms with van der Waals surface area (Å²) in [7, 11) is 0. The minimum Gasteiger partial charge on any atom is -0.382 e. The lowest BCUT2D eigenvalue weighted by Crippen LogP contribution is -2.08. The molecular formula is C13H19N3OS. The summed E-state index contributed by atoms with van der Waals surface area (Å²) in [5.74, 6) is 0.928. The lowest BCUT2D eigenvalue weighted by molar-refractivity contribution is 0.142. The molecule has 5 heteroatoms. The van der Waals surface area contributed by atoms with Crippen LogP contribution in [0.15, 0.2) is 29.2 Å². The summed E-state index contributed by atoms with van der Waals surface area (Å²) in [5.41, 5.74) is 1.30. The first kappa shape index (κ1) is 13.1. The van der Waals surface area contributed by atoms with Crippen LogP contribution < -0.4 is 5.32 Å². The molecule has 4 nitrogen and oxygen atoms in total. The van der Waals surface area contributed by atoms with Crippen molar-refractivity contribution in [3.05, 3.63) is 34.8 Å². The second kappa shape index (κ2) is 7.18. The molecule has 0 fully saturated rings. The zero-order valence-electron chi connectivity index (χ0n) is 10.6. The van der Waals surface area contributed by atoms with Crippen LogP contribution in [0.2, 0.25) is 0 Å². The van der Waals surface area contributed by atoms with Gasteiger partial charge in [-0.25, -0.2) is 4.98 Å². The first-order valence-corrected chi connectivity index (χ1v) is 7.18. The molecule has 98 valence electrons. The summed E-state index contributed by atoms with van der Waals surface area (Å²) >= 11 is 1.72. The second-order valence-corrected chi connectivity index (χ2v) is 4.76. The van der Waals surface area contributed by atoms with Gasteiger partial charge in [-0.15, -0.1) is 0 Å². The topological polar surface area (TPSA) is 39.1 Å². The van der Waals surface area contributed by atoms with Crippen LogP contribution in [0, 0.1) is 0 Å². The number of ether oxygens (including phenoxy) is 1. The van der Waals surface area contributed by atoms with Gasteiger partial charge in [0.05, 0.1) is 0 Å². The number of thiophene rings is 1. The maximum absolute atomic E-state index is 5.34. The van der Waals surface area contributed by atoms with E-state index >= 15 is 0 Å². The number of nitrogens with zero attached hydrogens (tertiary/aromatic N) is 2. The molecule has 18 heavy (non-hydrogen) atoms. The minimum absolute atomic E-state index is 0.785. The van der Waals surface area contributed by atoms with Crippen molar-refractivity contribution in [3.63, 3.8) is 0 Å². The number of imidazole rings is 1. The van der Waals surface area contributed by atoms with E-state index in [1.165, 1.54) is 5.56 Å². The van der Waals surface area contributed by atoms with Gasteiger partial charge in [-0.3, -0.25) is 0 Å². The molecule has 0 atom stereocenters. The van der Waals surface area contributed by atoms with E-state index < -0.39 is 0 Å². The van der Waals surface area contributed by atoms with Crippen molar-refractivity contribution in [3.8, 4) is 0 Å². The first-order chi connectivity index (χ1) is 8.90. The van der Waals surface area contributed by atoms with Crippen LogP contribution in [-0.4, -0.2) is 22.8 Å². The standard InChI is InChI=1S/C13H19N3OS/c1-2-17-8-3-6-16-7-5-14-13(16)15-10-12-4-9-18-11-12/h4-5,7,9,11H,2-3,6,8,10H2,1H3,(H,14,15). The lowest BCUT2D eigenvalue weighted by Gasteiger charge is -2.09. The molecule has 0 spiro atoms. The number of anilines is 1. The SMILES string of the molecule is CCOCCCn1ccnc1NCc1ccsc1. The van der Waals surface area contributed by atoms with Gasteiger partial charge < -0.3 is 14.6 Å². The van der Waals surface area contributed by atoms with E-state index in [2.05, 4.69) is 31.7 Å². The van der Waals surface area contributed by atoms with Crippen LogP contribution >= 0.6 is 11.3 Å². The highest BCUT2D eigenvalue weighted by Crippen LogP contribution is 2.10. The van der Waals surface area contributed by atoms with Gasteiger partial charge in [0.25, 0.3) is 0 Å². The van der Waals surface area contributed by atoms with Crippen molar-refractivity contribution >= 4 is 17.3 Å². The third kappa shape index (κ3) is 3.85. The minimum atomic E-state index is 0.785. The summed E-state index contributed by atoms with van der Waals surface area (Å²) in [6.07, 6.45) is 4.84. The van der Waals surface area contributed by atoms with Gasteiger partial charge in [0, 0.05) is 38.7 Å². The summed E-state index contributed by atoms with van der Waals surface area (Å²) in [6, 6.07) is 2.13. The van der Waals surface area contributed by atoms with Gasteiger partial charge in [-0.1, -0.05) is 0 Å². The van der Waals surface area contributed by atoms with Crippen molar-refractivity contribution in [2.75, 3.05) is 18.5 Å². The Labute approximate surface area is 112 Å². The van der Waals surface area contributed by atoms with Crippen LogP contribution in [0.5, 0.6) is 0 Å². The zero-order valence-corrected chi connectivity index (χ0v) is 11.4. The van der Waals surface area contributed by atoms with Crippen molar-refractivity contribution in [1.29, 1.82) is 0 Å². The number of nitrogens with one attached hydrogen (secondary N) is 1. The molecule has 2 aromatic rings. The Morgan fingerprint density at radius 3 is 3.22 bits per heavy atom. The van der Waals surface area contributed by atoms with Crippen molar-refractivity contribution < 1.29 is 4.74 Å². The third-order valence-corrected chi connectivity index (χ3v) is 3.37. The van der Waals surface area contributed by atoms with Crippen LogP contribution in [0.4, 0.5) is 5.95 Å². The first-order valence-electron chi connectivity index (χ1n) is 6.24. The maximum Gasteiger partial charge on any atom is 0.203 e. The average molecular weight is 265 g/mol. The van der Waals surface area contributed by atoms with Crippen LogP contribution in [-0.2, 0) is 17.8 Å². The van der Waals surface area contributed by atoms with Gasteiger partial charge in [0.2, 0.25) is 5.95 Å². The summed E-state index contributed by atoms with van der Waals surface area (Å²) in [4.78, 5) is 4.33. The highest BCUT2D eigenvalue weighted by atomic mass is 32.1. The predicted octanol–water partition coefficient (Wildman–Crippen LogP) is 2.98. The molecule has 0 amide bonds. The molecule has 2 rings (SSSR count). The summed E-state index contributed by atoms with van der Waals surface area (Å²) in [6.45, 7) is 5.37. The average Bonchev–Trinajstić information content (AvgIpc) is 3.03. The van der Waals surface area contributed by atoms with Crippen LogP contribution in [0.25, 0.3) is 0 Å². The Balaban J connectivity index is 1.79. The molecule has 2 aromatic heterocycles. The van der Waals surface area contributed by atoms with Crippen molar-refractivity contribution in [2.45, 2.75) is 26.4 Å². The molecule has 0 unspecified atom stereocenters. The second-order valence-electron chi connectivity index (χ2n) is 3.98. The molecular weight excluding hydrogens is 246 g/mol. The lowest BCUT2D eigenvalue weighted by atomic mass is 10.3. The van der Waals surface area contributed by atoms with E-state index in [9.17, 15) is 0 Å². The van der Waals surface area contributed by atoms with Crippen LogP contribution in [0.1, 0.15) is 18.9 Å². The van der Waals surface area contributed by atoms with Crippen LogP contribution in [0.3, 0.4) is 0 Å². The van der Waals surface area contributed by atoms with Gasteiger partial charge in [-0.2, -0.15) is 11.3 Å². The molecule has 0 aromatic carbocycles. The highest BCUT2D eigenvalue weighted by molar-refractivity contribution is 7.07. The molecule has 0 aliphatic carbocycles. The Morgan fingerprint density at radius 1 is 1.50 bits per heavy atom. The van der Waals surface area contributed by atoms with Crippen molar-refractivity contribution in [2.24, 2.45) is 0 Å². The quantitative estimate of drug-likeness (QED) is 0.746. The van der Waals surface area contributed by atoms with E-state index in [0.717, 1.165) is 38.7 Å². The molecule has 2 heterocycles. The number of hydrogen-bond donors (Lipinski definition) is 1. The molecule has 0 radical (unpaired) electrons. The van der Waals surface area contributed by atoms with E-state index in [0.29, 0.717) is 0 Å². The number of aromatic nitrogens is 2.